The van der Waals surface area contributed by atoms with Gasteiger partial charge in [0.25, 0.3) is 0 Å². The minimum Gasteiger partial charge on any atom is -0.382 e. The maximum Gasteiger partial charge on any atom is 0.193 e. The normalized spacial score (nSPS) is 10.4. The number of carbonyl (C=O) groups is 2. The molecule has 0 aliphatic rings. The lowest BCUT2D eigenvalue weighted by atomic mass is 9.97. The SMILES string of the molecule is CC(C)(O)C(=O)c1ccccc1.CCC(=O)c1ccccc1. The monoisotopic (exact) mass is 298 g/mol. The number of aliphatic hydroxyl groups is 1. The number of hydrogen-bond donors (Lipinski definition) is 1. The van der Waals surface area contributed by atoms with Crippen molar-refractivity contribution in [2.24, 2.45) is 0 Å². The zero-order chi connectivity index (χ0) is 16.6. The van der Waals surface area contributed by atoms with Crippen LogP contribution in [0.15, 0.2) is 60.7 Å². The van der Waals surface area contributed by atoms with E-state index in [1.165, 1.54) is 13.8 Å². The molecule has 3 nitrogen and oxygen atoms in total. The Morgan fingerprint density at radius 3 is 1.64 bits per heavy atom. The Morgan fingerprint density at radius 2 is 1.27 bits per heavy atom. The Kier molecular flexibility index (Phi) is 6.67. The minimum absolute atomic E-state index is 0.209. The summed E-state index contributed by atoms with van der Waals surface area (Å²) in [6.07, 6.45) is 0.587. The molecule has 0 radical (unpaired) electrons. The molecule has 0 fully saturated rings. The average molecular weight is 298 g/mol. The molecule has 0 aliphatic carbocycles. The van der Waals surface area contributed by atoms with E-state index in [0.717, 1.165) is 5.56 Å². The molecule has 22 heavy (non-hydrogen) atoms. The molecule has 0 aromatic heterocycles. The summed E-state index contributed by atoms with van der Waals surface area (Å²) in [5.41, 5.74) is 0.0800. The van der Waals surface area contributed by atoms with Crippen LogP contribution in [0.25, 0.3) is 0 Å². The summed E-state index contributed by atoms with van der Waals surface area (Å²) in [4.78, 5) is 22.4. The molecule has 2 aromatic carbocycles. The molecule has 0 amide bonds. The molecule has 1 N–H and O–H groups in total. The van der Waals surface area contributed by atoms with Crippen molar-refractivity contribution in [1.82, 2.24) is 0 Å². The molecule has 3 heteroatoms. The smallest absolute Gasteiger partial charge is 0.193 e. The van der Waals surface area contributed by atoms with E-state index in [-0.39, 0.29) is 11.6 Å². The second-order valence-electron chi connectivity index (χ2n) is 5.40. The largest absolute Gasteiger partial charge is 0.382 e. The van der Waals surface area contributed by atoms with Gasteiger partial charge < -0.3 is 5.11 Å². The van der Waals surface area contributed by atoms with E-state index in [1.54, 1.807) is 24.3 Å². The van der Waals surface area contributed by atoms with Crippen molar-refractivity contribution in [3.8, 4) is 0 Å². The molecular formula is C19H22O3. The van der Waals surface area contributed by atoms with Gasteiger partial charge in [-0.3, -0.25) is 9.59 Å². The van der Waals surface area contributed by atoms with Crippen LogP contribution >= 0.6 is 0 Å². The number of Topliss-reactive ketones (excluding diaryl/α,β-unsaturated/α-hetero) is 2. The summed E-state index contributed by atoms with van der Waals surface area (Å²) in [6.45, 7) is 4.85. The molecule has 2 rings (SSSR count). The van der Waals surface area contributed by atoms with Crippen molar-refractivity contribution >= 4 is 11.6 Å². The summed E-state index contributed by atoms with van der Waals surface area (Å²) in [6, 6.07) is 18.1. The van der Waals surface area contributed by atoms with Crippen molar-refractivity contribution in [3.05, 3.63) is 71.8 Å². The van der Waals surface area contributed by atoms with Crippen LogP contribution in [0.4, 0.5) is 0 Å². The zero-order valence-electron chi connectivity index (χ0n) is 13.2. The van der Waals surface area contributed by atoms with E-state index in [9.17, 15) is 14.7 Å². The lowest BCUT2D eigenvalue weighted by molar-refractivity contribution is 0.0488. The fourth-order valence-electron chi connectivity index (χ4n) is 1.77. The summed E-state index contributed by atoms with van der Waals surface area (Å²) in [5.74, 6) is -0.0382. The third kappa shape index (κ3) is 5.62. The molecule has 0 aliphatic heterocycles. The lowest BCUT2D eigenvalue weighted by Crippen LogP contribution is -2.30. The highest BCUT2D eigenvalue weighted by Gasteiger charge is 2.24. The number of carbonyl (C=O) groups excluding carboxylic acids is 2. The van der Waals surface area contributed by atoms with E-state index in [4.69, 9.17) is 0 Å². The van der Waals surface area contributed by atoms with Gasteiger partial charge in [-0.15, -0.1) is 0 Å². The van der Waals surface area contributed by atoms with Gasteiger partial charge in [-0.25, -0.2) is 0 Å². The van der Waals surface area contributed by atoms with Crippen LogP contribution in [-0.2, 0) is 0 Å². The van der Waals surface area contributed by atoms with Gasteiger partial charge in [0.1, 0.15) is 5.60 Å². The van der Waals surface area contributed by atoms with Gasteiger partial charge in [0, 0.05) is 17.5 Å². The predicted octanol–water partition coefficient (Wildman–Crippen LogP) is 3.92. The number of ketones is 2. The molecule has 2 aromatic rings. The van der Waals surface area contributed by atoms with Crippen LogP contribution in [0.1, 0.15) is 47.9 Å². The van der Waals surface area contributed by atoms with Crippen molar-refractivity contribution < 1.29 is 14.7 Å². The van der Waals surface area contributed by atoms with Crippen LogP contribution < -0.4 is 0 Å². The lowest BCUT2D eigenvalue weighted by Gasteiger charge is -2.14. The second-order valence-corrected chi connectivity index (χ2v) is 5.40. The Labute approximate surface area is 131 Å². The molecular weight excluding hydrogens is 276 g/mol. The molecule has 0 bridgehead atoms. The van der Waals surface area contributed by atoms with Gasteiger partial charge in [-0.2, -0.15) is 0 Å². The maximum atomic E-state index is 11.4. The first-order chi connectivity index (χ1) is 10.4. The van der Waals surface area contributed by atoms with Gasteiger partial charge in [0.15, 0.2) is 11.6 Å². The number of rotatable bonds is 4. The molecule has 116 valence electrons. The van der Waals surface area contributed by atoms with E-state index in [0.29, 0.717) is 12.0 Å². The highest BCUT2D eigenvalue weighted by molar-refractivity contribution is 6.01. The van der Waals surface area contributed by atoms with Gasteiger partial charge >= 0.3 is 0 Å². The highest BCUT2D eigenvalue weighted by Crippen LogP contribution is 2.11. The van der Waals surface area contributed by atoms with Crippen molar-refractivity contribution in [2.45, 2.75) is 32.8 Å². The van der Waals surface area contributed by atoms with E-state index in [2.05, 4.69) is 0 Å². The van der Waals surface area contributed by atoms with Gasteiger partial charge in [-0.05, 0) is 13.8 Å². The summed E-state index contributed by atoms with van der Waals surface area (Å²) in [5, 5.41) is 9.39. The van der Waals surface area contributed by atoms with Crippen molar-refractivity contribution in [2.75, 3.05) is 0 Å². The molecule has 0 spiro atoms. The number of hydrogen-bond acceptors (Lipinski definition) is 3. The predicted molar refractivity (Wildman–Crippen MR) is 88.1 cm³/mol. The first-order valence-electron chi connectivity index (χ1n) is 7.26. The van der Waals surface area contributed by atoms with E-state index < -0.39 is 5.60 Å². The Balaban J connectivity index is 0.000000224. The minimum atomic E-state index is -1.28. The summed E-state index contributed by atoms with van der Waals surface area (Å²) >= 11 is 0. The Bertz CT molecular complexity index is 596. The van der Waals surface area contributed by atoms with Gasteiger partial charge in [-0.1, -0.05) is 67.6 Å². The molecule has 0 heterocycles. The third-order valence-corrected chi connectivity index (χ3v) is 3.01. The fraction of sp³-hybridized carbons (Fsp3) is 0.263. The number of benzene rings is 2. The van der Waals surface area contributed by atoms with Crippen molar-refractivity contribution in [3.63, 3.8) is 0 Å². The van der Waals surface area contributed by atoms with Crippen LogP contribution in [0.2, 0.25) is 0 Å². The summed E-state index contributed by atoms with van der Waals surface area (Å²) < 4.78 is 0. The van der Waals surface area contributed by atoms with E-state index in [1.807, 2.05) is 43.3 Å². The van der Waals surface area contributed by atoms with Gasteiger partial charge in [0.2, 0.25) is 0 Å². The second kappa shape index (κ2) is 8.25. The Hall–Kier alpha value is -2.26. The first kappa shape index (κ1) is 17.8. The van der Waals surface area contributed by atoms with E-state index >= 15 is 0 Å². The van der Waals surface area contributed by atoms with Crippen LogP contribution in [0.5, 0.6) is 0 Å². The van der Waals surface area contributed by atoms with Crippen LogP contribution in [0, 0.1) is 0 Å². The zero-order valence-corrected chi connectivity index (χ0v) is 13.2. The Morgan fingerprint density at radius 1 is 0.864 bits per heavy atom. The maximum absolute atomic E-state index is 11.4. The highest BCUT2D eigenvalue weighted by atomic mass is 16.3. The molecule has 0 atom stereocenters. The average Bonchev–Trinajstić information content (AvgIpc) is 2.55. The first-order valence-corrected chi connectivity index (χ1v) is 7.26. The molecule has 0 saturated carbocycles. The quantitative estimate of drug-likeness (QED) is 0.870. The van der Waals surface area contributed by atoms with Crippen molar-refractivity contribution in [1.29, 1.82) is 0 Å². The fourth-order valence-corrected chi connectivity index (χ4v) is 1.77. The van der Waals surface area contributed by atoms with Gasteiger partial charge in [0.05, 0.1) is 0 Å². The topological polar surface area (TPSA) is 54.4 Å². The third-order valence-electron chi connectivity index (χ3n) is 3.01. The molecule has 0 unspecified atom stereocenters. The van der Waals surface area contributed by atoms with Crippen LogP contribution in [0.3, 0.4) is 0 Å². The van der Waals surface area contributed by atoms with Crippen LogP contribution in [-0.4, -0.2) is 22.3 Å². The summed E-state index contributed by atoms with van der Waals surface area (Å²) in [7, 11) is 0. The molecule has 0 saturated heterocycles. The standard InChI is InChI=1S/C10H12O2.C9H10O/c1-10(2,12)9(11)8-6-4-3-5-7-8;1-2-9(10)8-6-4-3-5-7-8/h3-7,12H,1-2H3;3-7H,2H2,1H3.